The van der Waals surface area contributed by atoms with E-state index in [0.717, 1.165) is 88.1 Å². The van der Waals surface area contributed by atoms with E-state index < -0.39 is 0 Å². The Morgan fingerprint density at radius 1 is 0.461 bits per heavy atom. The van der Waals surface area contributed by atoms with Crippen LogP contribution >= 0.6 is 0 Å². The third kappa shape index (κ3) is 7.96. The van der Waals surface area contributed by atoms with Crippen LogP contribution in [0.3, 0.4) is 0 Å². The maximum atomic E-state index is 15.2. The Labute approximate surface area is 523 Å². The van der Waals surface area contributed by atoms with E-state index in [4.69, 9.17) is 4.98 Å². The summed E-state index contributed by atoms with van der Waals surface area (Å²) in [6.07, 6.45) is 13.7. The average molecular weight is 1160 g/mol. The average Bonchev–Trinajstić information content (AvgIpc) is 1.52. The Bertz CT molecular complexity index is 5070. The largest absolute Gasteiger partial charge is 0.308 e. The molecule has 0 atom stereocenters. The summed E-state index contributed by atoms with van der Waals surface area (Å²) < 4.78 is 5.23. The Morgan fingerprint density at radius 2 is 0.910 bits per heavy atom. The van der Waals surface area contributed by atoms with Crippen molar-refractivity contribution in [2.75, 3.05) is 0 Å². The molecule has 0 saturated heterocycles. The highest BCUT2D eigenvalue weighted by atomic mass is 16.1. The maximum Gasteiger partial charge on any atom is 0.169 e. The Morgan fingerprint density at radius 3 is 1.42 bits per heavy atom. The third-order valence-electron chi connectivity index (χ3n) is 22.9. The number of hydrogen-bond acceptors (Lipinski definition) is 2. The molecule has 0 spiro atoms. The minimum Gasteiger partial charge on any atom is -0.308 e. The normalized spacial score (nSPS) is 18.9. The first kappa shape index (κ1) is 54.5. The van der Waals surface area contributed by atoms with Gasteiger partial charge in [-0.15, -0.1) is 0 Å². The minimum absolute atomic E-state index is 0.0453. The second-order valence-electron chi connectivity index (χ2n) is 29.5. The summed E-state index contributed by atoms with van der Waals surface area (Å²) >= 11 is 0. The number of carbonyl (C=O) groups excluding carboxylic acids is 1. The number of aromatic nitrogens is 3. The zero-order valence-corrected chi connectivity index (χ0v) is 53.1. The van der Waals surface area contributed by atoms with Crippen LogP contribution in [0.5, 0.6) is 0 Å². The third-order valence-corrected chi connectivity index (χ3v) is 22.9. The molecule has 0 radical (unpaired) electrons. The van der Waals surface area contributed by atoms with Crippen molar-refractivity contribution in [2.45, 2.75) is 154 Å². The first-order chi connectivity index (χ1) is 43.1. The Hall–Kier alpha value is -8.60. The van der Waals surface area contributed by atoms with Gasteiger partial charge in [-0.05, 0) is 203 Å². The number of fused-ring (bicyclic) bond motifs is 16. The maximum absolute atomic E-state index is 15.2. The van der Waals surface area contributed by atoms with Crippen molar-refractivity contribution < 1.29 is 4.79 Å². The zero-order valence-electron chi connectivity index (χ0n) is 53.1. The number of aryl methyl sites for hydroxylation is 3. The van der Waals surface area contributed by atoms with E-state index in [-0.39, 0.29) is 27.1 Å². The van der Waals surface area contributed by atoms with Crippen LogP contribution in [0.25, 0.3) is 87.3 Å². The van der Waals surface area contributed by atoms with Crippen molar-refractivity contribution in [1.82, 2.24) is 13.8 Å². The molecule has 4 heteroatoms. The summed E-state index contributed by atoms with van der Waals surface area (Å²) in [7, 11) is 0. The fraction of sp³-hybridized carbons (Fsp3) is 0.294. The molecule has 89 heavy (non-hydrogen) atoms. The van der Waals surface area contributed by atoms with Gasteiger partial charge in [-0.1, -0.05) is 189 Å². The van der Waals surface area contributed by atoms with Gasteiger partial charge in [0.05, 0.1) is 45.0 Å². The van der Waals surface area contributed by atoms with Crippen LogP contribution in [0.4, 0.5) is 0 Å². The lowest BCUT2D eigenvalue weighted by Crippen LogP contribution is -2.36. The topological polar surface area (TPSA) is 38.8 Å². The van der Waals surface area contributed by atoms with E-state index in [1.54, 1.807) is 0 Å². The summed E-state index contributed by atoms with van der Waals surface area (Å²) in [5, 5.41) is 10.3. The van der Waals surface area contributed by atoms with Crippen molar-refractivity contribution in [3.8, 4) is 11.1 Å². The summed E-state index contributed by atoms with van der Waals surface area (Å²) in [6, 6.07) is 70.4. The SMILES string of the molecule is CCc1cc(CC)c(-c2cc3c4cc5c(cc4n4c6cc7c8cc(C(C)(C)C)cc9c%10c%11c(ncc%10n(c7cc6c(c2)c34)c89)C(Cc2ccccc2)(Cc2ccccc2)CC%11(Cc2ccccc2)Cc2ccccc2)C(=O)C2(C)CCC5(C)CC2)c(CC)c1. The molecule has 9 aromatic carbocycles. The van der Waals surface area contributed by atoms with Gasteiger partial charge in [0.1, 0.15) is 0 Å². The van der Waals surface area contributed by atoms with Gasteiger partial charge in [-0.3, -0.25) is 9.78 Å². The molecule has 0 unspecified atom stereocenters. The van der Waals surface area contributed by atoms with Gasteiger partial charge in [0.2, 0.25) is 0 Å². The molecule has 440 valence electrons. The lowest BCUT2D eigenvalue weighted by molar-refractivity contribution is 0.0732. The Kier molecular flexibility index (Phi) is 11.9. The summed E-state index contributed by atoms with van der Waals surface area (Å²) in [5.41, 5.74) is 24.6. The highest BCUT2D eigenvalue weighted by Gasteiger charge is 2.55. The molecular weight excluding hydrogens is 1080 g/mol. The van der Waals surface area contributed by atoms with Crippen molar-refractivity contribution in [2.24, 2.45) is 5.41 Å². The second-order valence-corrected chi connectivity index (χ2v) is 29.5. The molecule has 0 amide bonds. The summed E-state index contributed by atoms with van der Waals surface area (Å²) in [5.74, 6) is 0.333. The van der Waals surface area contributed by atoms with E-state index in [9.17, 15) is 0 Å². The van der Waals surface area contributed by atoms with Crippen molar-refractivity contribution in [1.29, 1.82) is 0 Å². The number of nitrogens with zero attached hydrogens (tertiary/aromatic N) is 3. The smallest absolute Gasteiger partial charge is 0.169 e. The van der Waals surface area contributed by atoms with Crippen LogP contribution in [0.2, 0.25) is 0 Å². The van der Waals surface area contributed by atoms with Gasteiger partial charge in [0, 0.05) is 64.9 Å². The lowest BCUT2D eigenvalue weighted by Gasteiger charge is -2.38. The molecule has 4 aliphatic rings. The molecule has 1 saturated carbocycles. The fourth-order valence-corrected chi connectivity index (χ4v) is 18.4. The van der Waals surface area contributed by atoms with Crippen LogP contribution < -0.4 is 0 Å². The van der Waals surface area contributed by atoms with Crippen LogP contribution in [0.1, 0.15) is 159 Å². The molecule has 5 heterocycles. The Balaban J connectivity index is 1.02. The van der Waals surface area contributed by atoms with Crippen LogP contribution in [-0.4, -0.2) is 19.6 Å². The molecule has 1 fully saturated rings. The molecule has 2 bridgehead atoms. The van der Waals surface area contributed by atoms with Gasteiger partial charge >= 0.3 is 0 Å². The monoisotopic (exact) mass is 1160 g/mol. The van der Waals surface area contributed by atoms with Gasteiger partial charge in [-0.25, -0.2) is 0 Å². The lowest BCUT2D eigenvalue weighted by atomic mass is 9.65. The van der Waals surface area contributed by atoms with Gasteiger partial charge < -0.3 is 8.80 Å². The predicted molar refractivity (Wildman–Crippen MR) is 373 cm³/mol. The molecule has 4 nitrogen and oxygen atoms in total. The molecular formula is C85H79N3O. The highest BCUT2D eigenvalue weighted by molar-refractivity contribution is 6.30. The summed E-state index contributed by atoms with van der Waals surface area (Å²) in [4.78, 5) is 21.2. The second kappa shape index (κ2) is 19.5. The van der Waals surface area contributed by atoms with Gasteiger partial charge in [0.25, 0.3) is 0 Å². The first-order valence-corrected chi connectivity index (χ1v) is 33.4. The number of rotatable bonds is 12. The molecule has 0 N–H and O–H groups in total. The van der Waals surface area contributed by atoms with E-state index in [1.807, 2.05) is 0 Å². The molecule has 5 aromatic heterocycles. The highest BCUT2D eigenvalue weighted by Crippen LogP contribution is 2.60. The van der Waals surface area contributed by atoms with E-state index in [0.29, 0.717) is 5.78 Å². The van der Waals surface area contributed by atoms with Crippen LogP contribution in [0.15, 0.2) is 188 Å². The fourth-order valence-electron chi connectivity index (χ4n) is 18.4. The first-order valence-electron chi connectivity index (χ1n) is 33.4. The number of carbonyl (C=O) groups is 1. The van der Waals surface area contributed by atoms with E-state index in [1.165, 1.54) is 143 Å². The number of hydrogen-bond donors (Lipinski definition) is 0. The molecule has 4 aliphatic carbocycles. The molecule has 14 aromatic rings. The van der Waals surface area contributed by atoms with Crippen LogP contribution in [-0.2, 0) is 66.6 Å². The molecule has 18 rings (SSSR count). The standard InChI is InChI=1S/C85H79N3O/c1-9-52-36-57(10-2)74(58(11-3)37-52)59-38-64-61-42-69-67(80(89)83(8)34-32-82(69,7)33-35-83)45-72(61)87-70-44-63-66-40-60(81(4,5)6)41-68-75-73(88(78(66)68)71(63)43-62(70)65(39-59)77(64)87)50-86-79-76(75)84(46-53-24-16-12-17-25-53,47-54-26-18-13-19-27-54)51-85(79,48-55-28-20-14-21-29-55)49-56-30-22-15-23-31-56/h12-31,36-45,50H,9-11,32-35,46-49,51H2,1-8H3. The predicted octanol–water partition coefficient (Wildman–Crippen LogP) is 20.9. The van der Waals surface area contributed by atoms with Gasteiger partial charge in [-0.2, -0.15) is 0 Å². The van der Waals surface area contributed by atoms with Crippen molar-refractivity contribution in [3.63, 3.8) is 0 Å². The van der Waals surface area contributed by atoms with E-state index >= 15 is 4.79 Å². The zero-order chi connectivity index (χ0) is 60.5. The van der Waals surface area contributed by atoms with E-state index in [2.05, 4.69) is 252 Å². The number of benzene rings is 9. The number of ketones is 1. The van der Waals surface area contributed by atoms with Crippen LogP contribution in [0, 0.1) is 5.41 Å². The number of pyridine rings is 1. The minimum atomic E-state index is -0.340. The number of Topliss-reactive ketones (excluding diaryl/α,β-unsaturated/α-hetero) is 1. The quantitative estimate of drug-likeness (QED) is 0.122. The van der Waals surface area contributed by atoms with Crippen molar-refractivity contribution in [3.05, 3.63) is 255 Å². The van der Waals surface area contributed by atoms with Crippen molar-refractivity contribution >= 4 is 82.0 Å². The summed E-state index contributed by atoms with van der Waals surface area (Å²) in [6.45, 7) is 18.8. The van der Waals surface area contributed by atoms with Gasteiger partial charge in [0.15, 0.2) is 5.78 Å². The molecule has 0 aliphatic heterocycles.